The van der Waals surface area contributed by atoms with Gasteiger partial charge in [0.15, 0.2) is 0 Å². The number of nitrogens with zero attached hydrogens (tertiary/aromatic N) is 4. The highest BCUT2D eigenvalue weighted by atomic mass is 35.5. The van der Waals surface area contributed by atoms with Crippen LogP contribution in [0, 0.1) is 6.92 Å². The Labute approximate surface area is 216 Å². The van der Waals surface area contributed by atoms with Crippen molar-refractivity contribution in [1.29, 1.82) is 0 Å². The first-order valence-electron chi connectivity index (χ1n) is 11.6. The number of aromatic nitrogens is 3. The van der Waals surface area contributed by atoms with Crippen molar-refractivity contribution in [3.05, 3.63) is 79.0 Å². The highest BCUT2D eigenvalue weighted by Gasteiger charge is 2.30. The Hall–Kier alpha value is -3.01. The molecule has 1 aliphatic rings. The predicted molar refractivity (Wildman–Crippen MR) is 141 cm³/mol. The number of rotatable bonds is 5. The number of thiophene rings is 1. The zero-order valence-electron chi connectivity index (χ0n) is 20.2. The molecule has 1 aromatic carbocycles. The zero-order valence-corrected chi connectivity index (χ0v) is 21.8. The molecule has 7 nitrogen and oxygen atoms in total. The maximum Gasteiger partial charge on any atom is 0.331 e. The molecule has 10 heteroatoms. The third-order valence-corrected chi connectivity index (χ3v) is 7.86. The minimum Gasteiger partial charge on any atom is -0.486 e. The quantitative estimate of drug-likeness (QED) is 0.387. The van der Waals surface area contributed by atoms with Crippen molar-refractivity contribution in [2.75, 3.05) is 20.1 Å². The van der Waals surface area contributed by atoms with Gasteiger partial charge in [-0.25, -0.2) is 9.18 Å². The standard InChI is InChI=1S/C26H26ClFN4O3S/c1-15-10-16(27)11-19(24(15)35-22-5-8-30(2)14-20(22)28)18-4-7-29-21-12-17(36-25(18)21)13-32-23(33)6-9-31(3)26(32)34/h4,6-7,9-12,20,22H,5,8,13-14H2,1-3H3/t20-,22-/m0/s1. The molecule has 0 radical (unpaired) electrons. The van der Waals surface area contributed by atoms with E-state index in [1.807, 2.05) is 43.1 Å². The van der Waals surface area contributed by atoms with Gasteiger partial charge in [0.1, 0.15) is 18.0 Å². The number of halogens is 2. The van der Waals surface area contributed by atoms with Crippen LogP contribution < -0.4 is 16.0 Å². The summed E-state index contributed by atoms with van der Waals surface area (Å²) >= 11 is 7.91. The molecule has 0 unspecified atom stereocenters. The Morgan fingerprint density at radius 3 is 2.78 bits per heavy atom. The lowest BCUT2D eigenvalue weighted by Gasteiger charge is -2.33. The van der Waals surface area contributed by atoms with Crippen LogP contribution in [0.15, 0.2) is 52.3 Å². The van der Waals surface area contributed by atoms with Crippen LogP contribution in [0.1, 0.15) is 16.9 Å². The lowest BCUT2D eigenvalue weighted by atomic mass is 10.0. The highest BCUT2D eigenvalue weighted by Crippen LogP contribution is 2.42. The lowest BCUT2D eigenvalue weighted by Crippen LogP contribution is -2.45. The molecule has 0 N–H and O–H groups in total. The smallest absolute Gasteiger partial charge is 0.331 e. The minimum atomic E-state index is -1.09. The van der Waals surface area contributed by atoms with Crippen molar-refractivity contribution in [3.63, 3.8) is 0 Å². The molecule has 3 aromatic heterocycles. The van der Waals surface area contributed by atoms with E-state index in [4.69, 9.17) is 16.3 Å². The number of likely N-dealkylation sites (tertiary alicyclic amines) is 1. The molecule has 4 heterocycles. The SMILES string of the molecule is Cc1cc(Cl)cc(-c2ccnc3cc(Cn4c(=O)ccn(C)c4=O)sc23)c1O[C@H]1CCN(C)C[C@@H]1F. The summed E-state index contributed by atoms with van der Waals surface area (Å²) in [7, 11) is 3.52. The van der Waals surface area contributed by atoms with Crippen molar-refractivity contribution in [2.24, 2.45) is 7.05 Å². The number of alkyl halides is 1. The van der Waals surface area contributed by atoms with Crippen LogP contribution >= 0.6 is 22.9 Å². The fourth-order valence-electron chi connectivity index (χ4n) is 4.60. The van der Waals surface area contributed by atoms with Gasteiger partial charge in [-0.1, -0.05) is 11.6 Å². The van der Waals surface area contributed by atoms with E-state index in [0.29, 0.717) is 23.7 Å². The van der Waals surface area contributed by atoms with Gasteiger partial charge in [0, 0.05) is 59.6 Å². The number of pyridine rings is 1. The van der Waals surface area contributed by atoms with Crippen molar-refractivity contribution < 1.29 is 9.13 Å². The van der Waals surface area contributed by atoms with Crippen LogP contribution in [0.3, 0.4) is 0 Å². The normalized spacial score (nSPS) is 18.6. The molecule has 0 spiro atoms. The van der Waals surface area contributed by atoms with Crippen LogP contribution in [-0.4, -0.2) is 51.4 Å². The third-order valence-electron chi connectivity index (χ3n) is 6.50. The molecular weight excluding hydrogens is 503 g/mol. The summed E-state index contributed by atoms with van der Waals surface area (Å²) in [4.78, 5) is 32.1. The minimum absolute atomic E-state index is 0.143. The number of hydrogen-bond donors (Lipinski definition) is 0. The van der Waals surface area contributed by atoms with E-state index in [0.717, 1.165) is 38.3 Å². The molecule has 0 saturated carbocycles. The third kappa shape index (κ3) is 4.70. The number of ether oxygens (including phenoxy) is 1. The van der Waals surface area contributed by atoms with Crippen molar-refractivity contribution in [2.45, 2.75) is 32.2 Å². The predicted octanol–water partition coefficient (Wildman–Crippen LogP) is 4.25. The molecule has 0 bridgehead atoms. The van der Waals surface area contributed by atoms with Crippen LogP contribution in [0.5, 0.6) is 5.75 Å². The fraction of sp³-hybridized carbons (Fsp3) is 0.346. The summed E-state index contributed by atoms with van der Waals surface area (Å²) in [5.41, 5.74) is 2.44. The number of hydrogen-bond acceptors (Lipinski definition) is 6. The van der Waals surface area contributed by atoms with Gasteiger partial charge in [-0.15, -0.1) is 11.3 Å². The number of fused-ring (bicyclic) bond motifs is 1. The number of piperidine rings is 1. The van der Waals surface area contributed by atoms with E-state index < -0.39 is 12.3 Å². The monoisotopic (exact) mass is 528 g/mol. The largest absolute Gasteiger partial charge is 0.486 e. The topological polar surface area (TPSA) is 69.4 Å². The summed E-state index contributed by atoms with van der Waals surface area (Å²) in [6.45, 7) is 3.14. The van der Waals surface area contributed by atoms with Crippen molar-refractivity contribution in [3.8, 4) is 16.9 Å². The second-order valence-electron chi connectivity index (χ2n) is 9.24. The average molecular weight is 529 g/mol. The summed E-state index contributed by atoms with van der Waals surface area (Å²) in [5, 5.41) is 0.552. The summed E-state index contributed by atoms with van der Waals surface area (Å²) in [6.07, 6.45) is 2.12. The van der Waals surface area contributed by atoms with Crippen LogP contribution in [-0.2, 0) is 13.6 Å². The molecule has 188 valence electrons. The van der Waals surface area contributed by atoms with Gasteiger partial charge in [0.25, 0.3) is 5.56 Å². The van der Waals surface area contributed by atoms with Crippen LogP contribution in [0.25, 0.3) is 21.3 Å². The number of aryl methyl sites for hydroxylation is 2. The van der Waals surface area contributed by atoms with E-state index in [1.54, 1.807) is 13.2 Å². The molecule has 0 aliphatic carbocycles. The molecule has 2 atom stereocenters. The summed E-state index contributed by atoms with van der Waals surface area (Å²) < 4.78 is 24.6. The first-order chi connectivity index (χ1) is 17.2. The zero-order chi connectivity index (χ0) is 25.6. The van der Waals surface area contributed by atoms with E-state index in [9.17, 15) is 14.0 Å². The Kier molecular flexibility index (Phi) is 6.72. The Morgan fingerprint density at radius 2 is 2.00 bits per heavy atom. The lowest BCUT2D eigenvalue weighted by molar-refractivity contribution is 0.0313. The molecule has 1 saturated heterocycles. The maximum atomic E-state index is 14.8. The van der Waals surface area contributed by atoms with Gasteiger partial charge in [0.05, 0.1) is 16.8 Å². The van der Waals surface area contributed by atoms with Gasteiger partial charge in [-0.2, -0.15) is 0 Å². The van der Waals surface area contributed by atoms with Gasteiger partial charge < -0.3 is 14.2 Å². The van der Waals surface area contributed by atoms with Crippen molar-refractivity contribution >= 4 is 33.2 Å². The summed E-state index contributed by atoms with van der Waals surface area (Å²) in [5.74, 6) is 0.604. The van der Waals surface area contributed by atoms with Gasteiger partial charge in [-0.3, -0.25) is 14.3 Å². The van der Waals surface area contributed by atoms with Crippen LogP contribution in [0.4, 0.5) is 4.39 Å². The molecular formula is C26H26ClFN4O3S. The Balaban J connectivity index is 1.58. The Bertz CT molecular complexity index is 1560. The molecule has 1 aliphatic heterocycles. The van der Waals surface area contributed by atoms with E-state index >= 15 is 0 Å². The highest BCUT2D eigenvalue weighted by molar-refractivity contribution is 7.19. The second kappa shape index (κ2) is 9.80. The molecule has 4 aromatic rings. The maximum absolute atomic E-state index is 14.8. The number of benzene rings is 1. The average Bonchev–Trinajstić information content (AvgIpc) is 3.25. The van der Waals surface area contributed by atoms with Gasteiger partial charge in [0.2, 0.25) is 0 Å². The molecule has 5 rings (SSSR count). The van der Waals surface area contributed by atoms with E-state index in [-0.39, 0.29) is 17.8 Å². The first-order valence-corrected chi connectivity index (χ1v) is 12.8. The molecule has 1 fully saturated rings. The van der Waals surface area contributed by atoms with Crippen LogP contribution in [0.2, 0.25) is 5.02 Å². The fourth-order valence-corrected chi connectivity index (χ4v) is 6.00. The second-order valence-corrected chi connectivity index (χ2v) is 10.8. The first kappa shape index (κ1) is 24.7. The van der Waals surface area contributed by atoms with Gasteiger partial charge in [-0.05, 0) is 50.2 Å². The molecule has 0 amide bonds. The summed E-state index contributed by atoms with van der Waals surface area (Å²) in [6, 6.07) is 8.79. The van der Waals surface area contributed by atoms with E-state index in [2.05, 4.69) is 4.98 Å². The van der Waals surface area contributed by atoms with Gasteiger partial charge >= 0.3 is 5.69 Å². The molecule has 36 heavy (non-hydrogen) atoms. The van der Waals surface area contributed by atoms with Crippen molar-refractivity contribution in [1.82, 2.24) is 19.0 Å². The Morgan fingerprint density at radius 1 is 1.19 bits per heavy atom. The van der Waals surface area contributed by atoms with E-state index in [1.165, 1.54) is 32.7 Å².